The molecule has 0 atom stereocenters. The number of nitrogens with one attached hydrogen (secondary N) is 3. The molecule has 3 rings (SSSR count). The molecule has 112 valence electrons. The monoisotopic (exact) mass is 335 g/mol. The van der Waals surface area contributed by atoms with Crippen molar-refractivity contribution in [3.63, 3.8) is 0 Å². The normalized spacial score (nSPS) is 10.8. The lowest BCUT2D eigenvalue weighted by Crippen LogP contribution is -2.14. The van der Waals surface area contributed by atoms with Crippen molar-refractivity contribution in [3.8, 4) is 0 Å². The lowest BCUT2D eigenvalue weighted by molar-refractivity contribution is -0.115. The van der Waals surface area contributed by atoms with Crippen LogP contribution in [-0.4, -0.2) is 15.9 Å². The molecule has 1 heterocycles. The maximum atomic E-state index is 12.1. The van der Waals surface area contributed by atoms with Gasteiger partial charge < -0.3 is 15.3 Å². The zero-order valence-corrected chi connectivity index (χ0v) is 12.8. The van der Waals surface area contributed by atoms with Crippen molar-refractivity contribution in [2.24, 2.45) is 0 Å². The van der Waals surface area contributed by atoms with Gasteiger partial charge in [0.1, 0.15) is 0 Å². The van der Waals surface area contributed by atoms with Gasteiger partial charge in [-0.15, -0.1) is 0 Å². The molecule has 0 fully saturated rings. The van der Waals surface area contributed by atoms with Crippen LogP contribution in [0.15, 0.2) is 41.2 Å². The number of H-pyrrole nitrogens is 2. The fraction of sp³-hybridized carbons (Fsp3) is 0.0667. The molecular weight excluding hydrogens is 325 g/mol. The zero-order chi connectivity index (χ0) is 15.7. The van der Waals surface area contributed by atoms with Gasteiger partial charge in [-0.25, -0.2) is 4.79 Å². The summed E-state index contributed by atoms with van der Waals surface area (Å²) in [6, 6.07) is 10.2. The summed E-state index contributed by atoms with van der Waals surface area (Å²) >= 11 is 11.9. The number of hydrogen-bond acceptors (Lipinski definition) is 2. The number of halogens is 2. The number of fused-ring (bicyclic) bond motifs is 1. The van der Waals surface area contributed by atoms with Gasteiger partial charge in [-0.05, 0) is 35.9 Å². The van der Waals surface area contributed by atoms with Crippen LogP contribution in [0.1, 0.15) is 5.56 Å². The number of rotatable bonds is 3. The van der Waals surface area contributed by atoms with E-state index >= 15 is 0 Å². The molecule has 0 radical (unpaired) electrons. The number of benzene rings is 2. The van der Waals surface area contributed by atoms with E-state index in [1.165, 1.54) is 0 Å². The number of anilines is 1. The van der Waals surface area contributed by atoms with Gasteiger partial charge in [0.2, 0.25) is 5.91 Å². The second-order valence-corrected chi connectivity index (χ2v) is 5.65. The second-order valence-electron chi connectivity index (χ2n) is 4.81. The van der Waals surface area contributed by atoms with E-state index in [1.807, 2.05) is 0 Å². The highest BCUT2D eigenvalue weighted by atomic mass is 35.5. The van der Waals surface area contributed by atoms with Gasteiger partial charge >= 0.3 is 5.69 Å². The lowest BCUT2D eigenvalue weighted by atomic mass is 10.1. The minimum Gasteiger partial charge on any atom is -0.324 e. The van der Waals surface area contributed by atoms with Crippen molar-refractivity contribution in [3.05, 3.63) is 62.5 Å². The second kappa shape index (κ2) is 5.87. The van der Waals surface area contributed by atoms with Crippen molar-refractivity contribution in [2.45, 2.75) is 6.42 Å². The number of aromatic nitrogens is 2. The first kappa shape index (κ1) is 14.7. The van der Waals surface area contributed by atoms with Crippen molar-refractivity contribution in [2.75, 3.05) is 5.32 Å². The molecule has 0 saturated carbocycles. The first-order chi connectivity index (χ1) is 10.5. The van der Waals surface area contributed by atoms with Gasteiger partial charge in [0.25, 0.3) is 0 Å². The summed E-state index contributed by atoms with van der Waals surface area (Å²) in [5, 5.41) is 3.63. The third kappa shape index (κ3) is 3.16. The van der Waals surface area contributed by atoms with Gasteiger partial charge in [0, 0.05) is 5.02 Å². The fourth-order valence-electron chi connectivity index (χ4n) is 2.16. The van der Waals surface area contributed by atoms with Crippen molar-refractivity contribution in [1.29, 1.82) is 0 Å². The van der Waals surface area contributed by atoms with Crippen LogP contribution in [0.25, 0.3) is 11.0 Å². The summed E-state index contributed by atoms with van der Waals surface area (Å²) in [4.78, 5) is 28.6. The van der Waals surface area contributed by atoms with Crippen LogP contribution in [0.2, 0.25) is 10.0 Å². The Morgan fingerprint density at radius 1 is 1.05 bits per heavy atom. The van der Waals surface area contributed by atoms with Crippen molar-refractivity contribution < 1.29 is 4.79 Å². The van der Waals surface area contributed by atoms with E-state index in [4.69, 9.17) is 23.2 Å². The van der Waals surface area contributed by atoms with Crippen LogP contribution in [-0.2, 0) is 11.2 Å². The van der Waals surface area contributed by atoms with Gasteiger partial charge in [0.05, 0.1) is 28.2 Å². The number of carbonyl (C=O) groups excluding carboxylic acids is 1. The summed E-state index contributed by atoms with van der Waals surface area (Å²) in [6.45, 7) is 0. The quantitative estimate of drug-likeness (QED) is 0.686. The summed E-state index contributed by atoms with van der Waals surface area (Å²) < 4.78 is 0. The van der Waals surface area contributed by atoms with E-state index in [0.29, 0.717) is 26.8 Å². The first-order valence-corrected chi connectivity index (χ1v) is 7.23. The highest BCUT2D eigenvalue weighted by Gasteiger charge is 2.09. The lowest BCUT2D eigenvalue weighted by Gasteiger charge is -2.08. The summed E-state index contributed by atoms with van der Waals surface area (Å²) in [5.41, 5.74) is 2.33. The molecule has 0 spiro atoms. The predicted octanol–water partition coefficient (Wildman–Crippen LogP) is 3.34. The molecular formula is C15H11Cl2N3O2. The van der Waals surface area contributed by atoms with E-state index in [-0.39, 0.29) is 18.0 Å². The number of carbonyl (C=O) groups is 1. The van der Waals surface area contributed by atoms with Crippen LogP contribution >= 0.6 is 23.2 Å². The Hall–Kier alpha value is -2.24. The third-order valence-electron chi connectivity index (χ3n) is 3.15. The molecule has 0 aliphatic heterocycles. The maximum absolute atomic E-state index is 12.1. The summed E-state index contributed by atoms with van der Waals surface area (Å²) in [5.74, 6) is -0.221. The Morgan fingerprint density at radius 2 is 1.82 bits per heavy atom. The third-order valence-corrected chi connectivity index (χ3v) is 3.71. The molecule has 0 aliphatic rings. The maximum Gasteiger partial charge on any atom is 0.323 e. The van der Waals surface area contributed by atoms with Crippen LogP contribution in [0, 0.1) is 0 Å². The summed E-state index contributed by atoms with van der Waals surface area (Å²) in [7, 11) is 0. The Labute approximate surface area is 135 Å². The van der Waals surface area contributed by atoms with Crippen LogP contribution in [0.5, 0.6) is 0 Å². The molecule has 0 unspecified atom stereocenters. The smallest absolute Gasteiger partial charge is 0.323 e. The van der Waals surface area contributed by atoms with E-state index in [2.05, 4.69) is 15.3 Å². The highest BCUT2D eigenvalue weighted by Crippen LogP contribution is 2.25. The van der Waals surface area contributed by atoms with E-state index in [9.17, 15) is 9.59 Å². The van der Waals surface area contributed by atoms with Gasteiger partial charge in [-0.2, -0.15) is 0 Å². The molecule has 0 saturated heterocycles. The molecule has 5 nitrogen and oxygen atoms in total. The molecule has 3 aromatic rings. The fourth-order valence-corrected chi connectivity index (χ4v) is 2.50. The zero-order valence-electron chi connectivity index (χ0n) is 11.2. The first-order valence-electron chi connectivity index (χ1n) is 6.47. The molecule has 3 N–H and O–H groups in total. The standard InChI is InChI=1S/C15H11Cl2N3O2/c16-9-2-3-10(17)12(7-9)18-14(21)6-8-1-4-11-13(5-8)20-15(22)19-11/h1-5,7H,6H2,(H,18,21)(H2,19,20,22). The Bertz CT molecular complexity index is 915. The van der Waals surface area contributed by atoms with Gasteiger partial charge in [0.15, 0.2) is 0 Å². The molecule has 2 aromatic carbocycles. The largest absolute Gasteiger partial charge is 0.324 e. The SMILES string of the molecule is O=C(Cc1ccc2[nH]c(=O)[nH]c2c1)Nc1cc(Cl)ccc1Cl. The Morgan fingerprint density at radius 3 is 2.64 bits per heavy atom. The van der Waals surface area contributed by atoms with Gasteiger partial charge in [-0.1, -0.05) is 29.3 Å². The van der Waals surface area contributed by atoms with E-state index < -0.39 is 0 Å². The molecule has 1 aromatic heterocycles. The number of hydrogen-bond donors (Lipinski definition) is 3. The minimum atomic E-state index is -0.276. The Kier molecular flexibility index (Phi) is 3.92. The molecule has 0 aliphatic carbocycles. The van der Waals surface area contributed by atoms with Crippen molar-refractivity contribution in [1.82, 2.24) is 9.97 Å². The summed E-state index contributed by atoms with van der Waals surface area (Å²) in [6.07, 6.45) is 0.159. The number of imidazole rings is 1. The van der Waals surface area contributed by atoms with Crippen LogP contribution in [0.4, 0.5) is 5.69 Å². The van der Waals surface area contributed by atoms with Crippen LogP contribution < -0.4 is 11.0 Å². The molecule has 7 heteroatoms. The highest BCUT2D eigenvalue weighted by molar-refractivity contribution is 6.35. The molecule has 1 amide bonds. The Balaban J connectivity index is 1.77. The van der Waals surface area contributed by atoms with Crippen LogP contribution in [0.3, 0.4) is 0 Å². The van der Waals surface area contributed by atoms with E-state index in [1.54, 1.807) is 36.4 Å². The van der Waals surface area contributed by atoms with E-state index in [0.717, 1.165) is 5.56 Å². The number of aromatic amines is 2. The van der Waals surface area contributed by atoms with Gasteiger partial charge in [-0.3, -0.25) is 4.79 Å². The molecule has 0 bridgehead atoms. The average molecular weight is 336 g/mol. The van der Waals surface area contributed by atoms with Crippen molar-refractivity contribution >= 4 is 45.8 Å². The topological polar surface area (TPSA) is 77.8 Å². The minimum absolute atomic E-state index is 0.159. The predicted molar refractivity (Wildman–Crippen MR) is 87.7 cm³/mol. The number of amides is 1. The molecule has 22 heavy (non-hydrogen) atoms. The average Bonchev–Trinajstić information content (AvgIpc) is 2.82.